The van der Waals surface area contributed by atoms with Gasteiger partial charge >= 0.3 is 6.61 Å². The van der Waals surface area contributed by atoms with Crippen molar-refractivity contribution >= 4 is 42.2 Å². The number of fused-ring (bicyclic) bond motifs is 1. The monoisotopic (exact) mass is 572 g/mol. The topological polar surface area (TPSA) is 78.3 Å². The summed E-state index contributed by atoms with van der Waals surface area (Å²) in [6.07, 6.45) is 4.99. The molecular formula is C28H31ClF2N4O3Si. The lowest BCUT2D eigenvalue weighted by Gasteiger charge is -2.16. The number of nitrogens with zero attached hydrogens (tertiary/aromatic N) is 3. The van der Waals surface area contributed by atoms with Crippen molar-refractivity contribution in [2.75, 3.05) is 11.9 Å². The zero-order valence-corrected chi connectivity index (χ0v) is 23.8. The van der Waals surface area contributed by atoms with Crippen LogP contribution in [0.15, 0.2) is 65.7 Å². The fraction of sp³-hybridized carbons (Fsp3) is 0.321. The quantitative estimate of drug-likeness (QED) is 0.147. The molecule has 0 radical (unpaired) electrons. The van der Waals surface area contributed by atoms with E-state index in [0.717, 1.165) is 40.9 Å². The molecule has 0 aliphatic carbocycles. The molecule has 0 bridgehead atoms. The number of hydrogen-bond acceptors (Lipinski definition) is 6. The number of benzene rings is 2. The van der Waals surface area contributed by atoms with Crippen molar-refractivity contribution < 1.29 is 18.3 Å². The van der Waals surface area contributed by atoms with Crippen LogP contribution in [0.4, 0.5) is 20.4 Å². The fourth-order valence-corrected chi connectivity index (χ4v) is 4.89. The Kier molecular flexibility index (Phi) is 9.31. The first kappa shape index (κ1) is 28.7. The Morgan fingerprint density at radius 3 is 2.44 bits per heavy atom. The zero-order valence-electron chi connectivity index (χ0n) is 22.1. The third kappa shape index (κ3) is 8.32. The SMILES string of the molecule is C[Si](C)(C)CCOCn1c(=O)ccc2cc(CCc3cnc(Nc4ccc(OC(F)F)c(Cl)c4)nc3)ccc21. The maximum atomic E-state index is 12.5. The Morgan fingerprint density at radius 2 is 1.74 bits per heavy atom. The molecule has 0 unspecified atom stereocenters. The first-order chi connectivity index (χ1) is 18.6. The van der Waals surface area contributed by atoms with Crippen LogP contribution >= 0.6 is 11.6 Å². The average Bonchev–Trinajstić information content (AvgIpc) is 2.88. The van der Waals surface area contributed by atoms with Gasteiger partial charge in [0.25, 0.3) is 5.56 Å². The number of anilines is 2. The molecule has 2 aromatic carbocycles. The standard InChI is InChI=1S/C28H31ClF2N4O3Si/c1-39(2,3)13-12-37-18-35-24-9-6-19(14-21(24)7-11-26(35)36)4-5-20-16-32-28(33-17-20)34-22-8-10-25(23(29)15-22)38-27(30)31/h6-11,14-17,27H,4-5,12-13,18H2,1-3H3,(H,32,33,34). The number of alkyl halides is 2. The molecule has 206 valence electrons. The summed E-state index contributed by atoms with van der Waals surface area (Å²) < 4.78 is 36.7. The van der Waals surface area contributed by atoms with E-state index in [1.807, 2.05) is 18.2 Å². The predicted octanol–water partition coefficient (Wildman–Crippen LogP) is 6.89. The van der Waals surface area contributed by atoms with E-state index in [9.17, 15) is 13.6 Å². The minimum atomic E-state index is -2.95. The number of nitrogens with one attached hydrogen (secondary N) is 1. The van der Waals surface area contributed by atoms with Gasteiger partial charge in [-0.1, -0.05) is 37.3 Å². The number of aromatic nitrogens is 3. The van der Waals surface area contributed by atoms with Crippen LogP contribution in [0.2, 0.25) is 30.7 Å². The number of aryl methyl sites for hydroxylation is 2. The molecule has 0 saturated carbocycles. The lowest BCUT2D eigenvalue weighted by molar-refractivity contribution is -0.0497. The van der Waals surface area contributed by atoms with Crippen molar-refractivity contribution in [3.8, 4) is 5.75 Å². The van der Waals surface area contributed by atoms with E-state index in [4.69, 9.17) is 16.3 Å². The van der Waals surface area contributed by atoms with Gasteiger partial charge in [-0.3, -0.25) is 9.36 Å². The number of halogens is 3. The molecule has 7 nitrogen and oxygen atoms in total. The van der Waals surface area contributed by atoms with Crippen LogP contribution < -0.4 is 15.6 Å². The highest BCUT2D eigenvalue weighted by Gasteiger charge is 2.13. The van der Waals surface area contributed by atoms with Crippen LogP contribution in [0.25, 0.3) is 10.9 Å². The smallest absolute Gasteiger partial charge is 0.387 e. The van der Waals surface area contributed by atoms with Gasteiger partial charge in [0.05, 0.1) is 10.5 Å². The first-order valence-electron chi connectivity index (χ1n) is 12.6. The Bertz CT molecular complexity index is 1480. The van der Waals surface area contributed by atoms with Crippen LogP contribution in [-0.2, 0) is 24.3 Å². The van der Waals surface area contributed by atoms with Gasteiger partial charge in [0.15, 0.2) is 0 Å². The van der Waals surface area contributed by atoms with Gasteiger partial charge < -0.3 is 14.8 Å². The Hall–Kier alpha value is -3.34. The third-order valence-electron chi connectivity index (χ3n) is 6.08. The fourth-order valence-electron chi connectivity index (χ4n) is 3.91. The van der Waals surface area contributed by atoms with Crippen molar-refractivity contribution in [3.05, 3.63) is 87.4 Å². The van der Waals surface area contributed by atoms with Crippen molar-refractivity contribution in [3.63, 3.8) is 0 Å². The van der Waals surface area contributed by atoms with Gasteiger partial charge in [0.2, 0.25) is 5.95 Å². The van der Waals surface area contributed by atoms with Crippen molar-refractivity contribution in [2.45, 2.75) is 51.9 Å². The molecule has 0 spiro atoms. The van der Waals surface area contributed by atoms with Gasteiger partial charge in [0, 0.05) is 38.8 Å². The molecule has 11 heteroatoms. The second kappa shape index (κ2) is 12.7. The second-order valence-corrected chi connectivity index (χ2v) is 16.4. The second-order valence-electron chi connectivity index (χ2n) is 10.4. The molecule has 0 atom stereocenters. The van der Waals surface area contributed by atoms with Gasteiger partial charge in [0.1, 0.15) is 12.5 Å². The largest absolute Gasteiger partial charge is 0.433 e. The van der Waals surface area contributed by atoms with Gasteiger partial charge in [-0.05, 0) is 71.8 Å². The van der Waals surface area contributed by atoms with Crippen LogP contribution in [0.3, 0.4) is 0 Å². The molecule has 2 heterocycles. The third-order valence-corrected chi connectivity index (χ3v) is 8.08. The molecule has 0 aliphatic heterocycles. The normalized spacial score (nSPS) is 11.8. The van der Waals surface area contributed by atoms with Crippen LogP contribution in [-0.4, -0.2) is 35.8 Å². The van der Waals surface area contributed by atoms with E-state index in [1.54, 1.807) is 29.1 Å². The molecule has 0 saturated heterocycles. The van der Waals surface area contributed by atoms with E-state index in [2.05, 4.69) is 45.7 Å². The molecule has 39 heavy (non-hydrogen) atoms. The summed E-state index contributed by atoms with van der Waals surface area (Å²) in [5.74, 6) is 0.254. The number of rotatable bonds is 12. The van der Waals surface area contributed by atoms with Gasteiger partial charge in [-0.2, -0.15) is 8.78 Å². The van der Waals surface area contributed by atoms with E-state index in [1.165, 1.54) is 12.1 Å². The van der Waals surface area contributed by atoms with Crippen molar-refractivity contribution in [1.82, 2.24) is 14.5 Å². The molecule has 2 aromatic heterocycles. The summed E-state index contributed by atoms with van der Waals surface area (Å²) in [6, 6.07) is 15.0. The van der Waals surface area contributed by atoms with Crippen LogP contribution in [0, 0.1) is 0 Å². The highest BCUT2D eigenvalue weighted by Crippen LogP contribution is 2.29. The summed E-state index contributed by atoms with van der Waals surface area (Å²) in [6.45, 7) is 4.86. The summed E-state index contributed by atoms with van der Waals surface area (Å²) in [4.78, 5) is 21.2. The number of pyridine rings is 1. The lowest BCUT2D eigenvalue weighted by Crippen LogP contribution is -2.24. The zero-order chi connectivity index (χ0) is 28.0. The molecule has 4 aromatic rings. The molecule has 0 amide bonds. The summed E-state index contributed by atoms with van der Waals surface area (Å²) in [5, 5.41) is 4.04. The number of ether oxygens (including phenoxy) is 2. The van der Waals surface area contributed by atoms with E-state index >= 15 is 0 Å². The molecule has 4 rings (SSSR count). The van der Waals surface area contributed by atoms with Crippen LogP contribution in [0.1, 0.15) is 11.1 Å². The van der Waals surface area contributed by atoms with E-state index < -0.39 is 14.7 Å². The maximum Gasteiger partial charge on any atom is 0.387 e. The van der Waals surface area contributed by atoms with Gasteiger partial charge in [-0.25, -0.2) is 9.97 Å². The minimum Gasteiger partial charge on any atom is -0.433 e. The Labute approximate surface area is 231 Å². The molecule has 1 N–H and O–H groups in total. The van der Waals surface area contributed by atoms with Gasteiger partial charge in [-0.15, -0.1) is 0 Å². The van der Waals surface area contributed by atoms with E-state index in [-0.39, 0.29) is 23.1 Å². The summed E-state index contributed by atoms with van der Waals surface area (Å²) in [5.41, 5.74) is 3.42. The molecular weight excluding hydrogens is 542 g/mol. The molecule has 0 fully saturated rings. The summed E-state index contributed by atoms with van der Waals surface area (Å²) >= 11 is 6.00. The number of hydrogen-bond donors (Lipinski definition) is 1. The Balaban J connectivity index is 1.35. The predicted molar refractivity (Wildman–Crippen MR) is 153 cm³/mol. The highest BCUT2D eigenvalue weighted by molar-refractivity contribution is 6.76. The van der Waals surface area contributed by atoms with Crippen LogP contribution in [0.5, 0.6) is 5.75 Å². The lowest BCUT2D eigenvalue weighted by atomic mass is 10.0. The maximum absolute atomic E-state index is 12.5. The van der Waals surface area contributed by atoms with Crippen molar-refractivity contribution in [1.29, 1.82) is 0 Å². The van der Waals surface area contributed by atoms with Crippen molar-refractivity contribution in [2.24, 2.45) is 0 Å². The average molecular weight is 573 g/mol. The Morgan fingerprint density at radius 1 is 1.00 bits per heavy atom. The molecule has 0 aliphatic rings. The highest BCUT2D eigenvalue weighted by atomic mass is 35.5. The van der Waals surface area contributed by atoms with E-state index in [0.29, 0.717) is 18.2 Å². The minimum absolute atomic E-state index is 0.0545. The first-order valence-corrected chi connectivity index (χ1v) is 16.7. The summed E-state index contributed by atoms with van der Waals surface area (Å²) in [7, 11) is -1.19.